The van der Waals surface area contributed by atoms with Gasteiger partial charge in [-0.2, -0.15) is 0 Å². The second kappa shape index (κ2) is 10.9. The van der Waals surface area contributed by atoms with Gasteiger partial charge in [-0.15, -0.1) is 0 Å². The maximum atomic E-state index is 6.16. The van der Waals surface area contributed by atoms with Gasteiger partial charge >= 0.3 is 9.28 Å². The van der Waals surface area contributed by atoms with Crippen molar-refractivity contribution in [2.24, 2.45) is 0 Å². The van der Waals surface area contributed by atoms with Crippen LogP contribution in [0, 0.1) is 0 Å². The number of hydrogen-bond donors (Lipinski definition) is 0. The van der Waals surface area contributed by atoms with Crippen LogP contribution in [0.1, 0.15) is 45.4 Å². The predicted octanol–water partition coefficient (Wildman–Crippen LogP) is 5.73. The Morgan fingerprint density at radius 3 is 1.65 bits per heavy atom. The SMILES string of the molecule is CCCCCCCC[SiH](Oc1ccccc1)Oc1ccccc1. The Kier molecular flexibility index (Phi) is 8.34. The van der Waals surface area contributed by atoms with Crippen molar-refractivity contribution in [2.75, 3.05) is 0 Å². The van der Waals surface area contributed by atoms with E-state index in [2.05, 4.69) is 6.92 Å². The molecule has 0 heterocycles. The fourth-order valence-corrected chi connectivity index (χ4v) is 4.36. The minimum absolute atomic E-state index is 0.922. The van der Waals surface area contributed by atoms with Crippen LogP contribution in [0.15, 0.2) is 60.7 Å². The first kappa shape index (κ1) is 17.6. The van der Waals surface area contributed by atoms with E-state index in [1.54, 1.807) is 0 Å². The summed E-state index contributed by atoms with van der Waals surface area (Å²) in [6.45, 7) is 2.25. The first-order chi connectivity index (χ1) is 11.4. The van der Waals surface area contributed by atoms with Crippen molar-refractivity contribution in [2.45, 2.75) is 51.5 Å². The lowest BCUT2D eigenvalue weighted by molar-refractivity contribution is 0.416. The van der Waals surface area contributed by atoms with Crippen LogP contribution >= 0.6 is 0 Å². The summed E-state index contributed by atoms with van der Waals surface area (Å²) in [5.41, 5.74) is 0. The van der Waals surface area contributed by atoms with Gasteiger partial charge in [0.2, 0.25) is 0 Å². The highest BCUT2D eigenvalue weighted by Gasteiger charge is 2.17. The lowest BCUT2D eigenvalue weighted by Crippen LogP contribution is -2.29. The Bertz CT molecular complexity index is 474. The Morgan fingerprint density at radius 2 is 1.13 bits per heavy atom. The lowest BCUT2D eigenvalue weighted by Gasteiger charge is -2.19. The normalized spacial score (nSPS) is 10.7. The molecule has 0 unspecified atom stereocenters. The summed E-state index contributed by atoms with van der Waals surface area (Å²) >= 11 is 0. The summed E-state index contributed by atoms with van der Waals surface area (Å²) in [6.07, 6.45) is 7.79. The number of unbranched alkanes of at least 4 members (excludes halogenated alkanes) is 5. The highest BCUT2D eigenvalue weighted by molar-refractivity contribution is 6.46. The zero-order chi connectivity index (χ0) is 16.2. The van der Waals surface area contributed by atoms with Gasteiger partial charge in [0.25, 0.3) is 0 Å². The summed E-state index contributed by atoms with van der Waals surface area (Å²) < 4.78 is 12.3. The van der Waals surface area contributed by atoms with Crippen LogP contribution < -0.4 is 8.85 Å². The molecule has 0 N–H and O–H groups in total. The van der Waals surface area contributed by atoms with Crippen LogP contribution in [-0.4, -0.2) is 9.28 Å². The first-order valence-corrected chi connectivity index (χ1v) is 10.6. The summed E-state index contributed by atoms with van der Waals surface area (Å²) in [6, 6.07) is 21.1. The molecule has 0 spiro atoms. The monoisotopic (exact) mass is 328 g/mol. The molecule has 23 heavy (non-hydrogen) atoms. The Morgan fingerprint density at radius 1 is 0.652 bits per heavy atom. The van der Waals surface area contributed by atoms with Crippen molar-refractivity contribution in [1.82, 2.24) is 0 Å². The second-order valence-electron chi connectivity index (χ2n) is 5.85. The smallest absolute Gasteiger partial charge is 0.444 e. The highest BCUT2D eigenvalue weighted by atomic mass is 28.3. The average Bonchev–Trinajstić information content (AvgIpc) is 2.60. The first-order valence-electron chi connectivity index (χ1n) is 8.82. The van der Waals surface area contributed by atoms with Crippen molar-refractivity contribution >= 4 is 9.28 Å². The van der Waals surface area contributed by atoms with Crippen LogP contribution in [-0.2, 0) is 0 Å². The van der Waals surface area contributed by atoms with Gasteiger partial charge in [-0.05, 0) is 30.7 Å². The maximum Gasteiger partial charge on any atom is 0.444 e. The molecular formula is C20H28O2Si. The third-order valence-corrected chi connectivity index (χ3v) is 5.76. The molecule has 0 aliphatic heterocycles. The largest absolute Gasteiger partial charge is 0.514 e. The van der Waals surface area contributed by atoms with Crippen LogP contribution in [0.4, 0.5) is 0 Å². The van der Waals surface area contributed by atoms with Crippen molar-refractivity contribution in [3.63, 3.8) is 0 Å². The van der Waals surface area contributed by atoms with E-state index in [0.717, 1.165) is 17.5 Å². The zero-order valence-electron chi connectivity index (χ0n) is 14.1. The molecule has 0 aliphatic rings. The molecule has 124 valence electrons. The molecule has 2 aromatic carbocycles. The molecular weight excluding hydrogens is 300 g/mol. The molecule has 3 heteroatoms. The summed E-state index contributed by atoms with van der Waals surface area (Å²) in [5, 5.41) is 0. The van der Waals surface area contributed by atoms with E-state index in [0.29, 0.717) is 0 Å². The fourth-order valence-electron chi connectivity index (χ4n) is 2.53. The zero-order valence-corrected chi connectivity index (χ0v) is 15.3. The van der Waals surface area contributed by atoms with E-state index >= 15 is 0 Å². The van der Waals surface area contributed by atoms with E-state index in [1.807, 2.05) is 60.7 Å². The standard InChI is InChI=1S/C20H28O2Si/c1-2-3-4-5-6-13-18-23(21-19-14-9-7-10-15-19)22-20-16-11-8-12-17-20/h7-12,14-17,23H,2-6,13,18H2,1H3. The molecule has 0 atom stereocenters. The molecule has 0 aromatic heterocycles. The van der Waals surface area contributed by atoms with Gasteiger partial charge in [-0.1, -0.05) is 75.4 Å². The van der Waals surface area contributed by atoms with E-state index in [4.69, 9.17) is 8.85 Å². The summed E-state index contributed by atoms with van der Waals surface area (Å²) in [4.78, 5) is 0. The summed E-state index contributed by atoms with van der Waals surface area (Å²) in [5.74, 6) is 1.84. The Balaban J connectivity index is 1.83. The average molecular weight is 329 g/mol. The maximum absolute atomic E-state index is 6.16. The molecule has 0 saturated heterocycles. The van der Waals surface area contributed by atoms with Gasteiger partial charge in [0.15, 0.2) is 0 Å². The van der Waals surface area contributed by atoms with E-state index in [1.165, 1.54) is 38.5 Å². The van der Waals surface area contributed by atoms with Crippen molar-refractivity contribution in [3.8, 4) is 11.5 Å². The quantitative estimate of drug-likeness (QED) is 0.387. The van der Waals surface area contributed by atoms with E-state index in [-0.39, 0.29) is 0 Å². The van der Waals surface area contributed by atoms with Gasteiger partial charge < -0.3 is 8.85 Å². The fraction of sp³-hybridized carbons (Fsp3) is 0.400. The van der Waals surface area contributed by atoms with E-state index in [9.17, 15) is 0 Å². The number of rotatable bonds is 11. The van der Waals surface area contributed by atoms with Crippen LogP contribution in [0.3, 0.4) is 0 Å². The molecule has 0 bridgehead atoms. The summed E-state index contributed by atoms with van der Waals surface area (Å²) in [7, 11) is -1.75. The molecule has 0 fully saturated rings. The minimum atomic E-state index is -1.75. The van der Waals surface area contributed by atoms with Crippen molar-refractivity contribution in [1.29, 1.82) is 0 Å². The highest BCUT2D eigenvalue weighted by Crippen LogP contribution is 2.18. The van der Waals surface area contributed by atoms with Crippen LogP contribution in [0.5, 0.6) is 11.5 Å². The van der Waals surface area contributed by atoms with Crippen LogP contribution in [0.2, 0.25) is 6.04 Å². The molecule has 0 aliphatic carbocycles. The molecule has 0 saturated carbocycles. The van der Waals surface area contributed by atoms with Gasteiger partial charge in [0.05, 0.1) is 0 Å². The topological polar surface area (TPSA) is 18.5 Å². The number of benzene rings is 2. The van der Waals surface area contributed by atoms with Gasteiger partial charge in [0.1, 0.15) is 11.5 Å². The minimum Gasteiger partial charge on any atom is -0.514 e. The molecule has 0 radical (unpaired) electrons. The van der Waals surface area contributed by atoms with E-state index < -0.39 is 9.28 Å². The van der Waals surface area contributed by atoms with Gasteiger partial charge in [-0.3, -0.25) is 0 Å². The second-order valence-corrected chi connectivity index (χ2v) is 7.76. The van der Waals surface area contributed by atoms with Gasteiger partial charge in [-0.25, -0.2) is 0 Å². The number of para-hydroxylation sites is 2. The Hall–Kier alpha value is -1.74. The van der Waals surface area contributed by atoms with Gasteiger partial charge in [0, 0.05) is 6.04 Å². The molecule has 0 amide bonds. The lowest BCUT2D eigenvalue weighted by atomic mass is 10.1. The van der Waals surface area contributed by atoms with Crippen molar-refractivity contribution < 1.29 is 8.85 Å². The van der Waals surface area contributed by atoms with Crippen molar-refractivity contribution in [3.05, 3.63) is 60.7 Å². The predicted molar refractivity (Wildman–Crippen MR) is 99.5 cm³/mol. The van der Waals surface area contributed by atoms with Crippen LogP contribution in [0.25, 0.3) is 0 Å². The molecule has 2 nitrogen and oxygen atoms in total. The molecule has 2 rings (SSSR count). The Labute approximate surface area is 142 Å². The third-order valence-electron chi connectivity index (χ3n) is 3.81. The third kappa shape index (κ3) is 7.38. The number of hydrogen-bond acceptors (Lipinski definition) is 2. The molecule has 2 aromatic rings.